The second-order valence-electron chi connectivity index (χ2n) is 6.89. The summed E-state index contributed by atoms with van der Waals surface area (Å²) in [5, 5.41) is 6.58. The fourth-order valence-corrected chi connectivity index (χ4v) is 3.12. The highest BCUT2D eigenvalue weighted by atomic mass is 19.4. The first-order valence-electron chi connectivity index (χ1n) is 8.98. The molecule has 28 heavy (non-hydrogen) atoms. The number of rotatable bonds is 7. The number of hydrogen-bond acceptors (Lipinski definition) is 3. The lowest BCUT2D eigenvalue weighted by molar-refractivity contribution is -0.138. The van der Waals surface area contributed by atoms with Crippen molar-refractivity contribution >= 4 is 17.8 Å². The van der Waals surface area contributed by atoms with Gasteiger partial charge in [0.1, 0.15) is 6.61 Å². The Morgan fingerprint density at radius 1 is 1.29 bits per heavy atom. The van der Waals surface area contributed by atoms with E-state index >= 15 is 0 Å². The Morgan fingerprint density at radius 2 is 2.04 bits per heavy atom. The van der Waals surface area contributed by atoms with Crippen molar-refractivity contribution in [2.45, 2.75) is 45.4 Å². The number of hydrogen-bond donors (Lipinski definition) is 1. The lowest BCUT2D eigenvalue weighted by atomic mass is 9.98. The smallest absolute Gasteiger partial charge is 0.391 e. The number of nitrogens with zero attached hydrogens (tertiary/aromatic N) is 1. The minimum Gasteiger partial charge on any atom is -0.391 e. The summed E-state index contributed by atoms with van der Waals surface area (Å²) in [6.45, 7) is 3.57. The molecule has 4 nitrogen and oxygen atoms in total. The molecule has 0 bridgehead atoms. The van der Waals surface area contributed by atoms with E-state index in [9.17, 15) is 18.0 Å². The van der Waals surface area contributed by atoms with Crippen LogP contribution in [0.1, 0.15) is 53.5 Å². The van der Waals surface area contributed by atoms with Gasteiger partial charge >= 0.3 is 6.18 Å². The number of oxime groups is 1. The summed E-state index contributed by atoms with van der Waals surface area (Å²) in [7, 11) is 0. The number of nitrogens with one attached hydrogen (secondary N) is 1. The van der Waals surface area contributed by atoms with Crippen molar-refractivity contribution < 1.29 is 22.8 Å². The van der Waals surface area contributed by atoms with Crippen LogP contribution in [0.15, 0.2) is 41.6 Å². The Hall–Kier alpha value is -2.83. The molecule has 1 fully saturated rings. The molecule has 0 aromatic heterocycles. The maximum atomic E-state index is 13.4. The van der Waals surface area contributed by atoms with Gasteiger partial charge in [-0.25, -0.2) is 0 Å². The zero-order valence-corrected chi connectivity index (χ0v) is 15.6. The molecule has 0 atom stereocenters. The SMILES string of the molecule is CC(=NOCc1c(C)cccc1NC=O)c1ccc(C2CC2)c(C(F)(F)F)c1. The Morgan fingerprint density at radius 3 is 2.68 bits per heavy atom. The largest absolute Gasteiger partial charge is 0.416 e. The van der Waals surface area contributed by atoms with Gasteiger partial charge in [0.05, 0.1) is 11.3 Å². The van der Waals surface area contributed by atoms with Crippen molar-refractivity contribution in [2.75, 3.05) is 5.32 Å². The van der Waals surface area contributed by atoms with E-state index < -0.39 is 11.7 Å². The van der Waals surface area contributed by atoms with E-state index in [1.807, 2.05) is 13.0 Å². The fourth-order valence-electron chi connectivity index (χ4n) is 3.12. The number of anilines is 1. The van der Waals surface area contributed by atoms with Gasteiger partial charge in [0, 0.05) is 11.3 Å². The monoisotopic (exact) mass is 390 g/mol. The molecule has 1 aliphatic carbocycles. The number of halogens is 3. The van der Waals surface area contributed by atoms with Crippen LogP contribution in [0, 0.1) is 6.92 Å². The number of alkyl halides is 3. The average Bonchev–Trinajstić information content (AvgIpc) is 3.48. The highest BCUT2D eigenvalue weighted by Gasteiger charge is 2.38. The highest BCUT2D eigenvalue weighted by Crippen LogP contribution is 2.46. The van der Waals surface area contributed by atoms with E-state index in [0.29, 0.717) is 28.9 Å². The first-order valence-corrected chi connectivity index (χ1v) is 8.98. The zero-order valence-electron chi connectivity index (χ0n) is 15.6. The van der Waals surface area contributed by atoms with Crippen LogP contribution in [-0.2, 0) is 22.4 Å². The van der Waals surface area contributed by atoms with Crippen LogP contribution in [0.2, 0.25) is 0 Å². The maximum Gasteiger partial charge on any atom is 0.416 e. The minimum atomic E-state index is -4.40. The number of benzene rings is 2. The van der Waals surface area contributed by atoms with Crippen LogP contribution in [0.5, 0.6) is 0 Å². The first-order chi connectivity index (χ1) is 13.3. The average molecular weight is 390 g/mol. The van der Waals surface area contributed by atoms with Crippen LogP contribution < -0.4 is 5.32 Å². The van der Waals surface area contributed by atoms with Gasteiger partial charge in [0.25, 0.3) is 0 Å². The summed E-state index contributed by atoms with van der Waals surface area (Å²) in [6.07, 6.45) is -2.23. The first kappa shape index (κ1) is 19.9. The second-order valence-corrected chi connectivity index (χ2v) is 6.89. The van der Waals surface area contributed by atoms with Gasteiger partial charge in [-0.3, -0.25) is 4.79 Å². The minimum absolute atomic E-state index is 0.00367. The van der Waals surface area contributed by atoms with Gasteiger partial charge in [-0.2, -0.15) is 13.2 Å². The third-order valence-corrected chi connectivity index (χ3v) is 4.83. The van der Waals surface area contributed by atoms with Crippen molar-refractivity contribution in [3.63, 3.8) is 0 Å². The Kier molecular flexibility index (Phi) is 5.72. The lowest BCUT2D eigenvalue weighted by Gasteiger charge is -2.14. The Balaban J connectivity index is 1.78. The van der Waals surface area contributed by atoms with E-state index in [0.717, 1.165) is 30.0 Å². The van der Waals surface area contributed by atoms with Crippen LogP contribution in [0.3, 0.4) is 0 Å². The second kappa shape index (κ2) is 8.04. The molecule has 0 heterocycles. The number of carbonyl (C=O) groups excluding carboxylic acids is 1. The predicted molar refractivity (Wildman–Crippen MR) is 101 cm³/mol. The summed E-state index contributed by atoms with van der Waals surface area (Å²) in [5.74, 6) is 0.00367. The topological polar surface area (TPSA) is 50.7 Å². The van der Waals surface area contributed by atoms with Crippen molar-refractivity contribution in [1.29, 1.82) is 0 Å². The molecular formula is C21H21F3N2O2. The van der Waals surface area contributed by atoms with E-state index in [4.69, 9.17) is 4.84 Å². The van der Waals surface area contributed by atoms with Gasteiger partial charge in [0.2, 0.25) is 6.41 Å². The highest BCUT2D eigenvalue weighted by molar-refractivity contribution is 5.98. The van der Waals surface area contributed by atoms with Gasteiger partial charge < -0.3 is 10.2 Å². The third-order valence-electron chi connectivity index (χ3n) is 4.83. The molecule has 1 saturated carbocycles. The Bertz CT molecular complexity index is 903. The lowest BCUT2D eigenvalue weighted by Crippen LogP contribution is -2.11. The van der Waals surface area contributed by atoms with Crippen LogP contribution in [0.25, 0.3) is 0 Å². The fraction of sp³-hybridized carbons (Fsp3) is 0.333. The summed E-state index contributed by atoms with van der Waals surface area (Å²) in [5.41, 5.74) is 2.75. The van der Waals surface area contributed by atoms with Crippen LogP contribution >= 0.6 is 0 Å². The molecular weight excluding hydrogens is 369 g/mol. The van der Waals surface area contributed by atoms with Crippen molar-refractivity contribution in [3.05, 3.63) is 64.2 Å². The summed E-state index contributed by atoms with van der Waals surface area (Å²) in [4.78, 5) is 16.1. The molecule has 0 saturated heterocycles. The molecule has 7 heteroatoms. The standard InChI is InChI=1S/C21H21F3N2O2/c1-13-4-3-5-20(25-12-27)18(13)11-28-26-14(2)16-8-9-17(15-6-7-15)19(10-16)21(22,23)24/h3-5,8-10,12,15H,6-7,11H2,1-2H3,(H,25,27). The molecule has 1 amide bonds. The quantitative estimate of drug-likeness (QED) is 0.391. The molecule has 1 N–H and O–H groups in total. The Labute approximate surface area is 161 Å². The molecule has 1 aliphatic rings. The molecule has 2 aromatic carbocycles. The molecule has 0 spiro atoms. The van der Waals surface area contributed by atoms with Crippen molar-refractivity contribution in [2.24, 2.45) is 5.16 Å². The zero-order chi connectivity index (χ0) is 20.3. The van der Waals surface area contributed by atoms with Crippen LogP contribution in [0.4, 0.5) is 18.9 Å². The molecule has 0 radical (unpaired) electrons. The third kappa shape index (κ3) is 4.52. The predicted octanol–water partition coefficient (Wildman–Crippen LogP) is 5.40. The maximum absolute atomic E-state index is 13.4. The number of carbonyl (C=O) groups is 1. The van der Waals surface area contributed by atoms with Gasteiger partial charge in [-0.1, -0.05) is 29.4 Å². The van der Waals surface area contributed by atoms with E-state index in [2.05, 4.69) is 10.5 Å². The van der Waals surface area contributed by atoms with E-state index in [-0.39, 0.29) is 12.5 Å². The van der Waals surface area contributed by atoms with E-state index in [1.54, 1.807) is 31.2 Å². The summed E-state index contributed by atoms with van der Waals surface area (Å²) in [6, 6.07) is 9.75. The summed E-state index contributed by atoms with van der Waals surface area (Å²) < 4.78 is 40.2. The number of amides is 1. The molecule has 3 rings (SSSR count). The number of aryl methyl sites for hydroxylation is 1. The van der Waals surface area contributed by atoms with E-state index in [1.165, 1.54) is 0 Å². The van der Waals surface area contributed by atoms with Crippen molar-refractivity contribution in [3.8, 4) is 0 Å². The summed E-state index contributed by atoms with van der Waals surface area (Å²) >= 11 is 0. The van der Waals surface area contributed by atoms with Gasteiger partial charge in [-0.15, -0.1) is 0 Å². The molecule has 0 aliphatic heterocycles. The van der Waals surface area contributed by atoms with Gasteiger partial charge in [0.15, 0.2) is 0 Å². The molecule has 2 aromatic rings. The van der Waals surface area contributed by atoms with Crippen LogP contribution in [-0.4, -0.2) is 12.1 Å². The van der Waals surface area contributed by atoms with Gasteiger partial charge in [-0.05, 0) is 61.4 Å². The normalized spacial score (nSPS) is 14.7. The van der Waals surface area contributed by atoms with Crippen molar-refractivity contribution in [1.82, 2.24) is 0 Å². The molecule has 148 valence electrons. The molecule has 0 unspecified atom stereocenters.